The highest BCUT2D eigenvalue weighted by molar-refractivity contribution is 4.50. The molecule has 0 saturated heterocycles. The molecule has 0 N–H and O–H groups in total. The lowest BCUT2D eigenvalue weighted by atomic mass is 10.0. The minimum absolute atomic E-state index is 1.31. The van der Waals surface area contributed by atoms with Crippen LogP contribution in [0.2, 0.25) is 0 Å². The summed E-state index contributed by atoms with van der Waals surface area (Å²) in [7, 11) is 0. The van der Waals surface area contributed by atoms with Crippen LogP contribution in [0.1, 0.15) is 124 Å². The minimum Gasteiger partial charge on any atom is -0.324 e. The number of hydrogen-bond donors (Lipinski definition) is 0. The van der Waals surface area contributed by atoms with Gasteiger partial charge in [0.2, 0.25) is 0 Å². The Hall–Kier alpha value is -0.0400. The third-order valence-electron chi connectivity index (χ3n) is 6.25. The van der Waals surface area contributed by atoms with Crippen LogP contribution in [0.5, 0.6) is 0 Å². The third kappa shape index (κ3) is 13.3. The van der Waals surface area contributed by atoms with Gasteiger partial charge >= 0.3 is 0 Å². The molecular formula is C23H50N+. The van der Waals surface area contributed by atoms with Gasteiger partial charge in [0.15, 0.2) is 0 Å². The normalized spacial score (nSPS) is 12.0. The van der Waals surface area contributed by atoms with Crippen molar-refractivity contribution in [2.75, 3.05) is 26.2 Å². The van der Waals surface area contributed by atoms with Crippen LogP contribution in [-0.2, 0) is 0 Å². The fourth-order valence-electron chi connectivity index (χ4n) is 3.96. The summed E-state index contributed by atoms with van der Waals surface area (Å²) in [6.45, 7) is 14.7. The lowest BCUT2D eigenvalue weighted by Crippen LogP contribution is -2.48. The summed E-state index contributed by atoms with van der Waals surface area (Å²) in [6.07, 6.45) is 22.0. The molecule has 0 aromatic rings. The van der Waals surface area contributed by atoms with Gasteiger partial charge in [0.25, 0.3) is 0 Å². The zero-order chi connectivity index (χ0) is 17.9. The summed E-state index contributed by atoms with van der Waals surface area (Å²) in [6, 6.07) is 0. The van der Waals surface area contributed by atoms with Crippen molar-refractivity contribution in [1.29, 1.82) is 0 Å². The molecule has 0 aromatic heterocycles. The lowest BCUT2D eigenvalue weighted by Gasteiger charge is -2.35. The maximum Gasteiger partial charge on any atom is 0.0786 e. The van der Waals surface area contributed by atoms with Crippen LogP contribution >= 0.6 is 0 Å². The van der Waals surface area contributed by atoms with Gasteiger partial charge in [-0.1, -0.05) is 90.4 Å². The number of quaternary nitrogens is 1. The molecule has 0 spiro atoms. The van der Waals surface area contributed by atoms with Gasteiger partial charge in [0.1, 0.15) is 0 Å². The highest BCUT2D eigenvalue weighted by atomic mass is 15.3. The van der Waals surface area contributed by atoms with Crippen molar-refractivity contribution in [3.63, 3.8) is 0 Å². The molecule has 0 atom stereocenters. The Bertz CT molecular complexity index is 224. The van der Waals surface area contributed by atoms with E-state index in [2.05, 4.69) is 27.7 Å². The van der Waals surface area contributed by atoms with Crippen molar-refractivity contribution >= 4 is 0 Å². The fourth-order valence-corrected chi connectivity index (χ4v) is 3.96. The second-order valence-corrected chi connectivity index (χ2v) is 7.96. The summed E-state index contributed by atoms with van der Waals surface area (Å²) in [5.41, 5.74) is 0. The summed E-state index contributed by atoms with van der Waals surface area (Å²) in [4.78, 5) is 0. The van der Waals surface area contributed by atoms with Crippen molar-refractivity contribution in [2.45, 2.75) is 124 Å². The van der Waals surface area contributed by atoms with E-state index in [1.165, 1.54) is 127 Å². The van der Waals surface area contributed by atoms with E-state index in [0.29, 0.717) is 0 Å². The second kappa shape index (κ2) is 17.8. The number of hydrogen-bond acceptors (Lipinski definition) is 0. The molecule has 0 amide bonds. The number of nitrogens with zero attached hydrogens (tertiary/aromatic N) is 1. The van der Waals surface area contributed by atoms with Crippen LogP contribution in [0, 0.1) is 0 Å². The molecule has 0 unspecified atom stereocenters. The topological polar surface area (TPSA) is 0 Å². The van der Waals surface area contributed by atoms with E-state index in [0.717, 1.165) is 0 Å². The molecule has 0 aromatic carbocycles. The third-order valence-corrected chi connectivity index (χ3v) is 6.25. The maximum atomic E-state index is 2.36. The van der Waals surface area contributed by atoms with Crippen molar-refractivity contribution < 1.29 is 4.48 Å². The first-order valence-corrected chi connectivity index (χ1v) is 11.6. The van der Waals surface area contributed by atoms with Gasteiger partial charge in [0, 0.05) is 0 Å². The Balaban J connectivity index is 3.23. The Morgan fingerprint density at radius 2 is 0.667 bits per heavy atom. The van der Waals surface area contributed by atoms with Crippen LogP contribution in [0.4, 0.5) is 0 Å². The molecule has 1 heteroatoms. The Morgan fingerprint density at radius 3 is 0.958 bits per heavy atom. The molecule has 0 aliphatic carbocycles. The quantitative estimate of drug-likeness (QED) is 0.167. The predicted octanol–water partition coefficient (Wildman–Crippen LogP) is 7.73. The largest absolute Gasteiger partial charge is 0.324 e. The molecule has 0 rings (SSSR count). The van der Waals surface area contributed by atoms with E-state index in [-0.39, 0.29) is 0 Å². The van der Waals surface area contributed by atoms with Crippen LogP contribution in [0.3, 0.4) is 0 Å². The molecule has 0 aliphatic heterocycles. The number of rotatable bonds is 19. The molecule has 24 heavy (non-hydrogen) atoms. The van der Waals surface area contributed by atoms with E-state index in [4.69, 9.17) is 0 Å². The van der Waals surface area contributed by atoms with Gasteiger partial charge in [-0.25, -0.2) is 0 Å². The molecule has 146 valence electrons. The molecule has 0 saturated carbocycles. The first-order valence-electron chi connectivity index (χ1n) is 11.6. The summed E-state index contributed by atoms with van der Waals surface area (Å²) >= 11 is 0. The molecule has 0 aliphatic rings. The van der Waals surface area contributed by atoms with E-state index >= 15 is 0 Å². The van der Waals surface area contributed by atoms with Crippen LogP contribution < -0.4 is 0 Å². The SMILES string of the molecule is CCCCCCCCCCCCCCCCC[N+](CC)(CC)CC. The Labute approximate surface area is 155 Å². The monoisotopic (exact) mass is 340 g/mol. The summed E-state index contributed by atoms with van der Waals surface area (Å²) < 4.78 is 1.33. The van der Waals surface area contributed by atoms with Crippen molar-refractivity contribution in [3.05, 3.63) is 0 Å². The molecule has 0 radical (unpaired) electrons. The predicted molar refractivity (Wildman–Crippen MR) is 112 cm³/mol. The number of unbranched alkanes of at least 4 members (excludes halogenated alkanes) is 14. The highest BCUT2D eigenvalue weighted by Gasteiger charge is 2.19. The highest BCUT2D eigenvalue weighted by Crippen LogP contribution is 2.14. The standard InChI is InChI=1S/C23H50N/c1-5-9-10-11-12-13-14-15-16-17-18-19-20-21-22-23-24(6-2,7-3)8-4/h5-23H2,1-4H3/q+1. The average molecular weight is 341 g/mol. The molecule has 0 fully saturated rings. The van der Waals surface area contributed by atoms with E-state index < -0.39 is 0 Å². The first-order chi connectivity index (χ1) is 11.7. The van der Waals surface area contributed by atoms with Crippen LogP contribution in [0.15, 0.2) is 0 Å². The van der Waals surface area contributed by atoms with Crippen LogP contribution in [0.25, 0.3) is 0 Å². The van der Waals surface area contributed by atoms with Gasteiger partial charge in [-0.05, 0) is 33.6 Å². The van der Waals surface area contributed by atoms with Crippen molar-refractivity contribution in [1.82, 2.24) is 0 Å². The second-order valence-electron chi connectivity index (χ2n) is 7.96. The molecular weight excluding hydrogens is 290 g/mol. The average Bonchev–Trinajstić information content (AvgIpc) is 2.62. The zero-order valence-corrected chi connectivity index (χ0v) is 17.9. The summed E-state index contributed by atoms with van der Waals surface area (Å²) in [5.74, 6) is 0. The molecule has 0 bridgehead atoms. The van der Waals surface area contributed by atoms with E-state index in [1.807, 2.05) is 0 Å². The summed E-state index contributed by atoms with van der Waals surface area (Å²) in [5, 5.41) is 0. The minimum atomic E-state index is 1.31. The fraction of sp³-hybridized carbons (Fsp3) is 1.00. The first kappa shape index (κ1) is 24.0. The van der Waals surface area contributed by atoms with Crippen LogP contribution in [-0.4, -0.2) is 30.7 Å². The maximum absolute atomic E-state index is 2.36. The van der Waals surface area contributed by atoms with Gasteiger partial charge < -0.3 is 4.48 Å². The molecule has 1 nitrogen and oxygen atoms in total. The zero-order valence-electron chi connectivity index (χ0n) is 17.9. The van der Waals surface area contributed by atoms with Crippen molar-refractivity contribution in [3.8, 4) is 0 Å². The van der Waals surface area contributed by atoms with Gasteiger partial charge in [0.05, 0.1) is 26.2 Å². The van der Waals surface area contributed by atoms with Gasteiger partial charge in [-0.2, -0.15) is 0 Å². The smallest absolute Gasteiger partial charge is 0.0786 e. The van der Waals surface area contributed by atoms with Crippen molar-refractivity contribution in [2.24, 2.45) is 0 Å². The van der Waals surface area contributed by atoms with E-state index in [9.17, 15) is 0 Å². The Kier molecular flexibility index (Phi) is 17.7. The Morgan fingerprint density at radius 1 is 0.375 bits per heavy atom. The van der Waals surface area contributed by atoms with Gasteiger partial charge in [-0.15, -0.1) is 0 Å². The molecule has 0 heterocycles. The van der Waals surface area contributed by atoms with Gasteiger partial charge in [-0.3, -0.25) is 0 Å². The van der Waals surface area contributed by atoms with E-state index in [1.54, 1.807) is 0 Å². The lowest BCUT2D eigenvalue weighted by molar-refractivity contribution is -0.923.